The van der Waals surface area contributed by atoms with Gasteiger partial charge in [0.1, 0.15) is 0 Å². The van der Waals surface area contributed by atoms with E-state index in [1.165, 1.54) is 0 Å². The average Bonchev–Trinajstić information content (AvgIpc) is 2.35. The highest BCUT2D eigenvalue weighted by atomic mass is 16.1. The quantitative estimate of drug-likeness (QED) is 0.813. The van der Waals surface area contributed by atoms with E-state index in [0.29, 0.717) is 5.39 Å². The van der Waals surface area contributed by atoms with Gasteiger partial charge in [0.05, 0.1) is 0 Å². The summed E-state index contributed by atoms with van der Waals surface area (Å²) in [5.41, 5.74) is 3.58. The Morgan fingerprint density at radius 3 is 2.72 bits per heavy atom. The number of allylic oxidation sites excluding steroid dienone is 4. The lowest BCUT2D eigenvalue weighted by Gasteiger charge is -2.05. The average molecular weight is 237 g/mol. The first-order valence-corrected chi connectivity index (χ1v) is 5.75. The lowest BCUT2D eigenvalue weighted by atomic mass is 10.1. The fraction of sp³-hybridized carbons (Fsp3) is 0.0625. The molecule has 18 heavy (non-hydrogen) atoms. The number of rotatable bonds is 3. The fourth-order valence-electron chi connectivity index (χ4n) is 1.92. The lowest BCUT2D eigenvalue weighted by molar-refractivity contribution is 1.32. The van der Waals surface area contributed by atoms with Gasteiger partial charge >= 0.3 is 0 Å². The third kappa shape index (κ3) is 2.18. The Morgan fingerprint density at radius 2 is 2.06 bits per heavy atom. The van der Waals surface area contributed by atoms with Crippen LogP contribution in [0.15, 0.2) is 60.4 Å². The molecule has 2 rings (SSSR count). The van der Waals surface area contributed by atoms with Crippen molar-refractivity contribution < 1.29 is 0 Å². The number of nitrogens with one attached hydrogen (secondary N) is 1. The summed E-state index contributed by atoms with van der Waals surface area (Å²) in [5, 5.41) is 0.700. The first-order valence-electron chi connectivity index (χ1n) is 5.75. The minimum atomic E-state index is 0.00978. The Balaban J connectivity index is 2.75. The van der Waals surface area contributed by atoms with Crippen LogP contribution in [0.4, 0.5) is 0 Å². The van der Waals surface area contributed by atoms with Crippen molar-refractivity contribution in [3.05, 3.63) is 77.1 Å². The Labute approximate surface area is 106 Å². The molecule has 0 atom stereocenters. The Kier molecular flexibility index (Phi) is 3.28. The Hall–Kier alpha value is -2.35. The zero-order chi connectivity index (χ0) is 13.1. The van der Waals surface area contributed by atoms with Gasteiger partial charge in [-0.15, -0.1) is 0 Å². The minimum absolute atomic E-state index is 0.00978. The number of hydrogen-bond acceptors (Lipinski definition) is 1. The van der Waals surface area contributed by atoms with E-state index in [0.717, 1.165) is 22.3 Å². The molecule has 1 aromatic heterocycles. The Bertz CT molecular complexity index is 705. The molecule has 0 aliphatic heterocycles. The number of hydrogen-bond donors (Lipinski definition) is 1. The van der Waals surface area contributed by atoms with E-state index < -0.39 is 0 Å². The zero-order valence-corrected chi connectivity index (χ0v) is 10.4. The molecule has 0 unspecified atom stereocenters. The van der Waals surface area contributed by atoms with Crippen LogP contribution in [0.1, 0.15) is 11.3 Å². The highest BCUT2D eigenvalue weighted by Crippen LogP contribution is 2.16. The summed E-state index contributed by atoms with van der Waals surface area (Å²) in [7, 11) is 0. The molecule has 0 bridgehead atoms. The van der Waals surface area contributed by atoms with Crippen molar-refractivity contribution in [1.29, 1.82) is 0 Å². The topological polar surface area (TPSA) is 32.9 Å². The number of fused-ring (bicyclic) bond motifs is 1. The molecule has 1 N–H and O–H groups in total. The van der Waals surface area contributed by atoms with Gasteiger partial charge in [0.2, 0.25) is 0 Å². The number of pyridine rings is 1. The van der Waals surface area contributed by atoms with Gasteiger partial charge in [-0.05, 0) is 30.2 Å². The van der Waals surface area contributed by atoms with Gasteiger partial charge in [-0.2, -0.15) is 0 Å². The fourth-order valence-corrected chi connectivity index (χ4v) is 1.92. The van der Waals surface area contributed by atoms with Crippen LogP contribution in [0, 0.1) is 6.92 Å². The van der Waals surface area contributed by atoms with Crippen LogP contribution in [0.3, 0.4) is 0 Å². The predicted octanol–water partition coefficient (Wildman–Crippen LogP) is 3.59. The summed E-state index contributed by atoms with van der Waals surface area (Å²) in [6.45, 7) is 9.40. The number of H-pyrrole nitrogens is 1. The molecule has 0 saturated carbocycles. The third-order valence-corrected chi connectivity index (χ3v) is 2.81. The smallest absolute Gasteiger partial charge is 0.190 e. The summed E-state index contributed by atoms with van der Waals surface area (Å²) in [5.74, 6) is 0. The van der Waals surface area contributed by atoms with Gasteiger partial charge < -0.3 is 4.98 Å². The van der Waals surface area contributed by atoms with E-state index in [4.69, 9.17) is 0 Å². The van der Waals surface area contributed by atoms with Crippen molar-refractivity contribution >= 4 is 16.5 Å². The largest absolute Gasteiger partial charge is 0.354 e. The van der Waals surface area contributed by atoms with Crippen molar-refractivity contribution in [1.82, 2.24) is 4.98 Å². The van der Waals surface area contributed by atoms with Gasteiger partial charge in [0, 0.05) is 22.7 Å². The molecule has 0 spiro atoms. The molecule has 2 heteroatoms. The van der Waals surface area contributed by atoms with Crippen LogP contribution in [-0.4, -0.2) is 4.98 Å². The maximum atomic E-state index is 12.0. The van der Waals surface area contributed by atoms with Gasteiger partial charge in [-0.3, -0.25) is 4.79 Å². The van der Waals surface area contributed by atoms with Crippen molar-refractivity contribution in [2.24, 2.45) is 0 Å². The molecule has 0 saturated heterocycles. The van der Waals surface area contributed by atoms with Gasteiger partial charge in [0.25, 0.3) is 0 Å². The first kappa shape index (κ1) is 12.1. The van der Waals surface area contributed by atoms with Crippen LogP contribution in [0.25, 0.3) is 16.5 Å². The second kappa shape index (κ2) is 4.88. The molecule has 0 aliphatic rings. The molecule has 0 aliphatic carbocycles. The Morgan fingerprint density at radius 1 is 1.28 bits per heavy atom. The van der Waals surface area contributed by atoms with E-state index in [-0.39, 0.29) is 5.43 Å². The summed E-state index contributed by atoms with van der Waals surface area (Å²) in [6.07, 6.45) is 5.20. The minimum Gasteiger partial charge on any atom is -0.354 e. The van der Waals surface area contributed by atoms with Crippen molar-refractivity contribution in [2.75, 3.05) is 0 Å². The summed E-state index contributed by atoms with van der Waals surface area (Å²) in [4.78, 5) is 15.3. The second-order valence-corrected chi connectivity index (χ2v) is 4.16. The van der Waals surface area contributed by atoms with Crippen LogP contribution in [0.2, 0.25) is 0 Å². The zero-order valence-electron chi connectivity index (χ0n) is 10.4. The maximum Gasteiger partial charge on any atom is 0.190 e. The lowest BCUT2D eigenvalue weighted by Crippen LogP contribution is -2.04. The number of aromatic nitrogens is 1. The van der Waals surface area contributed by atoms with Crippen molar-refractivity contribution in [3.63, 3.8) is 0 Å². The van der Waals surface area contributed by atoms with E-state index in [9.17, 15) is 4.79 Å². The predicted molar refractivity (Wildman–Crippen MR) is 77.7 cm³/mol. The number of benzene rings is 1. The number of aryl methyl sites for hydroxylation is 1. The van der Waals surface area contributed by atoms with Crippen molar-refractivity contribution in [3.8, 4) is 0 Å². The summed E-state index contributed by atoms with van der Waals surface area (Å²) >= 11 is 0. The van der Waals surface area contributed by atoms with Gasteiger partial charge in [-0.1, -0.05) is 37.5 Å². The second-order valence-electron chi connectivity index (χ2n) is 4.16. The highest BCUT2D eigenvalue weighted by Gasteiger charge is 2.04. The maximum absolute atomic E-state index is 12.0. The third-order valence-electron chi connectivity index (χ3n) is 2.81. The molecule has 1 heterocycles. The standard InChI is InChI=1S/C16H15NO/c1-4-6-12(5-2)14-10-16(18)13-8-7-11(3)9-15(13)17-14/h4-10H,1-2H2,3H3,(H,17,18)/b12-6+. The van der Waals surface area contributed by atoms with E-state index in [1.54, 1.807) is 18.2 Å². The molecule has 0 radical (unpaired) electrons. The van der Waals surface area contributed by atoms with Gasteiger partial charge in [-0.25, -0.2) is 0 Å². The van der Waals surface area contributed by atoms with Crippen LogP contribution < -0.4 is 5.43 Å². The summed E-state index contributed by atoms with van der Waals surface area (Å²) < 4.78 is 0. The van der Waals surface area contributed by atoms with Crippen molar-refractivity contribution in [2.45, 2.75) is 6.92 Å². The van der Waals surface area contributed by atoms with E-state index >= 15 is 0 Å². The molecule has 0 fully saturated rings. The number of aromatic amines is 1. The van der Waals surface area contributed by atoms with Crippen LogP contribution in [-0.2, 0) is 0 Å². The van der Waals surface area contributed by atoms with Crippen LogP contribution in [0.5, 0.6) is 0 Å². The summed E-state index contributed by atoms with van der Waals surface area (Å²) in [6, 6.07) is 7.34. The van der Waals surface area contributed by atoms with Gasteiger partial charge in [0.15, 0.2) is 5.43 Å². The molecule has 1 aromatic carbocycles. The molecule has 90 valence electrons. The van der Waals surface area contributed by atoms with E-state index in [1.807, 2.05) is 31.2 Å². The first-order chi connectivity index (χ1) is 8.65. The highest BCUT2D eigenvalue weighted by molar-refractivity contribution is 5.83. The molecular weight excluding hydrogens is 222 g/mol. The monoisotopic (exact) mass is 237 g/mol. The molecule has 2 nitrogen and oxygen atoms in total. The SMILES string of the molecule is C=C/C=C(\C=C)c1cc(=O)c2ccc(C)cc2[nH]1. The molecular formula is C16H15NO. The molecule has 0 amide bonds. The van der Waals surface area contributed by atoms with Crippen LogP contribution >= 0.6 is 0 Å². The van der Waals surface area contributed by atoms with E-state index in [2.05, 4.69) is 18.1 Å². The molecule has 2 aromatic rings. The normalized spacial score (nSPS) is 11.5.